The minimum Gasteiger partial charge on any atom is -0.351 e. The number of amides is 2. The summed E-state index contributed by atoms with van der Waals surface area (Å²) in [6, 6.07) is 12.2. The molecule has 1 unspecified atom stereocenters. The molecule has 0 radical (unpaired) electrons. The fourth-order valence-electron chi connectivity index (χ4n) is 4.58. The van der Waals surface area contributed by atoms with Gasteiger partial charge < -0.3 is 14.8 Å². The van der Waals surface area contributed by atoms with Crippen molar-refractivity contribution in [2.24, 2.45) is 0 Å². The van der Waals surface area contributed by atoms with Gasteiger partial charge in [-0.15, -0.1) is 6.58 Å². The van der Waals surface area contributed by atoms with Crippen LogP contribution in [0.15, 0.2) is 55.3 Å². The third kappa shape index (κ3) is 3.72. The highest BCUT2D eigenvalue weighted by atomic mass is 16.2. The second kappa shape index (κ2) is 8.25. The molecule has 3 heterocycles. The highest BCUT2D eigenvalue weighted by Gasteiger charge is 2.38. The molecule has 152 valence electrons. The first-order valence-corrected chi connectivity index (χ1v) is 10.3. The summed E-state index contributed by atoms with van der Waals surface area (Å²) in [4.78, 5) is 29.3. The normalized spacial score (nSPS) is 19.8. The number of rotatable bonds is 4. The Kier molecular flexibility index (Phi) is 5.53. The number of piperidine rings is 1. The van der Waals surface area contributed by atoms with E-state index in [4.69, 9.17) is 0 Å². The monoisotopic (exact) mass is 392 g/mol. The van der Waals surface area contributed by atoms with Crippen LogP contribution >= 0.6 is 0 Å². The highest BCUT2D eigenvalue weighted by Crippen LogP contribution is 2.36. The fraction of sp³-hybridized carbons (Fsp3) is 0.391. The van der Waals surface area contributed by atoms with Crippen LogP contribution < -0.4 is 5.32 Å². The first kappa shape index (κ1) is 19.5. The molecule has 1 saturated heterocycles. The van der Waals surface area contributed by atoms with Gasteiger partial charge in [-0.1, -0.05) is 24.3 Å². The Hall–Kier alpha value is -2.86. The Morgan fingerprint density at radius 2 is 1.93 bits per heavy atom. The SMILES string of the molecule is C=CCNC(=O)C1c2cccn2-c2ccccc2CN1C1CCN(C(C)=O)CC1. The lowest BCUT2D eigenvalue weighted by Crippen LogP contribution is -2.50. The average Bonchev–Trinajstić information content (AvgIpc) is 3.16. The second-order valence-corrected chi connectivity index (χ2v) is 7.78. The number of benzene rings is 1. The van der Waals surface area contributed by atoms with E-state index >= 15 is 0 Å². The molecule has 1 fully saturated rings. The van der Waals surface area contributed by atoms with Crippen molar-refractivity contribution in [2.45, 2.75) is 38.4 Å². The summed E-state index contributed by atoms with van der Waals surface area (Å²) in [7, 11) is 0. The Morgan fingerprint density at radius 1 is 1.17 bits per heavy atom. The van der Waals surface area contributed by atoms with Crippen LogP contribution in [-0.2, 0) is 16.1 Å². The molecule has 0 spiro atoms. The van der Waals surface area contributed by atoms with Gasteiger partial charge in [0.1, 0.15) is 6.04 Å². The maximum absolute atomic E-state index is 13.3. The van der Waals surface area contributed by atoms with Gasteiger partial charge in [0.05, 0.1) is 0 Å². The number of nitrogens with one attached hydrogen (secondary N) is 1. The van der Waals surface area contributed by atoms with Crippen LogP contribution in [0, 0.1) is 0 Å². The van der Waals surface area contributed by atoms with Gasteiger partial charge in [0.2, 0.25) is 11.8 Å². The van der Waals surface area contributed by atoms with E-state index in [1.165, 1.54) is 5.56 Å². The second-order valence-electron chi connectivity index (χ2n) is 7.78. The molecule has 1 aromatic heterocycles. The number of fused-ring (bicyclic) bond motifs is 3. The Balaban J connectivity index is 1.72. The van der Waals surface area contributed by atoms with Crippen LogP contribution in [0.3, 0.4) is 0 Å². The zero-order valence-corrected chi connectivity index (χ0v) is 16.9. The molecule has 2 aliphatic rings. The molecule has 6 nitrogen and oxygen atoms in total. The van der Waals surface area contributed by atoms with Crippen LogP contribution in [0.4, 0.5) is 0 Å². The Bertz CT molecular complexity index is 911. The van der Waals surface area contributed by atoms with Gasteiger partial charge in [0.15, 0.2) is 0 Å². The summed E-state index contributed by atoms with van der Waals surface area (Å²) >= 11 is 0. The van der Waals surface area contributed by atoms with E-state index in [1.807, 2.05) is 29.3 Å². The van der Waals surface area contributed by atoms with E-state index < -0.39 is 0 Å². The Labute approximate surface area is 171 Å². The van der Waals surface area contributed by atoms with Crippen molar-refractivity contribution in [2.75, 3.05) is 19.6 Å². The quantitative estimate of drug-likeness (QED) is 0.814. The van der Waals surface area contributed by atoms with E-state index in [-0.39, 0.29) is 23.9 Å². The molecule has 1 aromatic carbocycles. The van der Waals surface area contributed by atoms with Gasteiger partial charge in [-0.25, -0.2) is 0 Å². The van der Waals surface area contributed by atoms with Crippen molar-refractivity contribution >= 4 is 11.8 Å². The molecule has 1 atom stereocenters. The summed E-state index contributed by atoms with van der Waals surface area (Å²) in [5, 5.41) is 3.01. The molecule has 2 aliphatic heterocycles. The van der Waals surface area contributed by atoms with Gasteiger partial charge in [0.25, 0.3) is 0 Å². The number of para-hydroxylation sites is 1. The summed E-state index contributed by atoms with van der Waals surface area (Å²) in [6.07, 6.45) is 5.48. The molecular formula is C23H28N4O2. The van der Waals surface area contributed by atoms with Crippen LogP contribution in [0.2, 0.25) is 0 Å². The minimum absolute atomic E-state index is 0.00773. The van der Waals surface area contributed by atoms with Gasteiger partial charge in [0, 0.05) is 56.7 Å². The highest BCUT2D eigenvalue weighted by molar-refractivity contribution is 5.83. The number of nitrogens with zero attached hydrogens (tertiary/aromatic N) is 3. The third-order valence-corrected chi connectivity index (χ3v) is 6.04. The standard InChI is InChI=1S/C23H28N4O2/c1-3-12-24-23(29)22-21-9-6-13-26(21)20-8-5-4-7-18(20)16-27(22)19-10-14-25(15-11-19)17(2)28/h3-9,13,19,22H,1,10-12,14-16H2,2H3,(H,24,29). The molecule has 29 heavy (non-hydrogen) atoms. The predicted molar refractivity (Wildman–Crippen MR) is 113 cm³/mol. The van der Waals surface area contributed by atoms with Crippen molar-refractivity contribution in [3.63, 3.8) is 0 Å². The molecule has 6 heteroatoms. The van der Waals surface area contributed by atoms with Crippen molar-refractivity contribution in [1.82, 2.24) is 19.7 Å². The molecule has 2 amide bonds. The van der Waals surface area contributed by atoms with E-state index in [0.29, 0.717) is 13.1 Å². The van der Waals surface area contributed by atoms with Crippen molar-refractivity contribution in [3.05, 3.63) is 66.5 Å². The van der Waals surface area contributed by atoms with Gasteiger partial charge in [-0.3, -0.25) is 14.5 Å². The lowest BCUT2D eigenvalue weighted by molar-refractivity contribution is -0.133. The van der Waals surface area contributed by atoms with Gasteiger partial charge >= 0.3 is 0 Å². The molecule has 1 N–H and O–H groups in total. The number of likely N-dealkylation sites (tertiary alicyclic amines) is 1. The molecule has 2 aromatic rings. The summed E-state index contributed by atoms with van der Waals surface area (Å²) in [5.41, 5.74) is 3.31. The third-order valence-electron chi connectivity index (χ3n) is 6.04. The number of carbonyl (C=O) groups is 2. The number of aromatic nitrogens is 1. The van der Waals surface area contributed by atoms with Gasteiger partial charge in [-0.2, -0.15) is 0 Å². The van der Waals surface area contributed by atoms with Crippen molar-refractivity contribution in [3.8, 4) is 5.69 Å². The lowest BCUT2D eigenvalue weighted by Gasteiger charge is -2.41. The molecular weight excluding hydrogens is 364 g/mol. The van der Waals surface area contributed by atoms with E-state index in [9.17, 15) is 9.59 Å². The largest absolute Gasteiger partial charge is 0.351 e. The van der Waals surface area contributed by atoms with E-state index in [0.717, 1.165) is 37.3 Å². The van der Waals surface area contributed by atoms with Crippen molar-refractivity contribution in [1.29, 1.82) is 0 Å². The van der Waals surface area contributed by atoms with Crippen LogP contribution in [0.1, 0.15) is 37.1 Å². The fourth-order valence-corrected chi connectivity index (χ4v) is 4.58. The zero-order valence-electron chi connectivity index (χ0n) is 16.9. The van der Waals surface area contributed by atoms with Crippen LogP contribution in [-0.4, -0.2) is 51.9 Å². The van der Waals surface area contributed by atoms with E-state index in [2.05, 4.69) is 39.6 Å². The maximum atomic E-state index is 13.3. The molecule has 0 saturated carbocycles. The predicted octanol–water partition coefficient (Wildman–Crippen LogP) is 2.65. The number of hydrogen-bond acceptors (Lipinski definition) is 3. The first-order valence-electron chi connectivity index (χ1n) is 10.3. The first-order chi connectivity index (χ1) is 14.1. The topological polar surface area (TPSA) is 57.6 Å². The average molecular weight is 393 g/mol. The summed E-state index contributed by atoms with van der Waals surface area (Å²) in [6.45, 7) is 7.97. The molecule has 4 rings (SSSR count). The van der Waals surface area contributed by atoms with Crippen molar-refractivity contribution < 1.29 is 9.59 Å². The van der Waals surface area contributed by atoms with Crippen LogP contribution in [0.25, 0.3) is 5.69 Å². The Morgan fingerprint density at radius 3 is 2.66 bits per heavy atom. The number of hydrogen-bond donors (Lipinski definition) is 1. The van der Waals surface area contributed by atoms with Crippen LogP contribution in [0.5, 0.6) is 0 Å². The van der Waals surface area contributed by atoms with Gasteiger partial charge in [-0.05, 0) is 36.6 Å². The van der Waals surface area contributed by atoms with E-state index in [1.54, 1.807) is 13.0 Å². The summed E-state index contributed by atoms with van der Waals surface area (Å²) in [5.74, 6) is 0.116. The summed E-state index contributed by atoms with van der Waals surface area (Å²) < 4.78 is 2.14. The smallest absolute Gasteiger partial charge is 0.243 e. The lowest BCUT2D eigenvalue weighted by atomic mass is 9.98. The molecule has 0 aliphatic carbocycles. The zero-order chi connectivity index (χ0) is 20.4. The number of carbonyl (C=O) groups excluding carboxylic acids is 2. The maximum Gasteiger partial charge on any atom is 0.243 e. The minimum atomic E-state index is -0.383. The molecule has 0 bridgehead atoms.